The van der Waals surface area contributed by atoms with Crippen molar-refractivity contribution in [1.29, 1.82) is 0 Å². The number of hydrogen-bond acceptors (Lipinski definition) is 5. The second-order valence-electron chi connectivity index (χ2n) is 7.53. The van der Waals surface area contributed by atoms with Gasteiger partial charge >= 0.3 is 0 Å². The van der Waals surface area contributed by atoms with Gasteiger partial charge in [0.15, 0.2) is 0 Å². The zero-order valence-corrected chi connectivity index (χ0v) is 18.5. The molecule has 0 saturated heterocycles. The predicted molar refractivity (Wildman–Crippen MR) is 128 cm³/mol. The molecule has 0 spiro atoms. The van der Waals surface area contributed by atoms with Crippen LogP contribution in [0.25, 0.3) is 12.2 Å². The molecule has 1 unspecified atom stereocenters. The van der Waals surface area contributed by atoms with E-state index in [2.05, 4.69) is 27.4 Å². The van der Waals surface area contributed by atoms with Crippen LogP contribution in [-0.2, 0) is 0 Å². The molecule has 0 amide bonds. The van der Waals surface area contributed by atoms with Crippen LogP contribution >= 0.6 is 11.6 Å². The first-order valence-corrected chi connectivity index (χ1v) is 11.1. The zero-order chi connectivity index (χ0) is 22.1. The van der Waals surface area contributed by atoms with Crippen LogP contribution in [0, 0.1) is 5.92 Å². The van der Waals surface area contributed by atoms with E-state index in [0.29, 0.717) is 35.8 Å². The zero-order valence-electron chi connectivity index (χ0n) is 17.7. The van der Waals surface area contributed by atoms with E-state index < -0.39 is 0 Å². The minimum absolute atomic E-state index is 0.0295. The SMILES string of the molecule is CC[C@H](CCO)n1cnc2c(c1=O)/C=C(CC1C=CC/C=C(Cl)\N=C/1)\C=C\NC/C=C/2. The maximum Gasteiger partial charge on any atom is 0.261 e. The van der Waals surface area contributed by atoms with E-state index in [9.17, 15) is 9.90 Å². The van der Waals surface area contributed by atoms with Gasteiger partial charge in [-0.3, -0.25) is 9.36 Å². The van der Waals surface area contributed by atoms with Gasteiger partial charge in [0.05, 0.1) is 17.6 Å². The van der Waals surface area contributed by atoms with Gasteiger partial charge in [-0.2, -0.15) is 0 Å². The van der Waals surface area contributed by atoms with Crippen molar-refractivity contribution >= 4 is 30.0 Å². The van der Waals surface area contributed by atoms with Gasteiger partial charge < -0.3 is 10.4 Å². The largest absolute Gasteiger partial charge is 0.396 e. The minimum Gasteiger partial charge on any atom is -0.396 e. The molecule has 0 saturated carbocycles. The van der Waals surface area contributed by atoms with Crippen molar-refractivity contribution in [2.24, 2.45) is 10.9 Å². The maximum atomic E-state index is 13.4. The number of aliphatic hydroxyl groups excluding tert-OH is 1. The first-order chi connectivity index (χ1) is 15.1. The summed E-state index contributed by atoms with van der Waals surface area (Å²) in [5, 5.41) is 13.1. The lowest BCUT2D eigenvalue weighted by atomic mass is 9.96. The van der Waals surface area contributed by atoms with Crippen LogP contribution in [0.2, 0.25) is 0 Å². The van der Waals surface area contributed by atoms with Crippen molar-refractivity contribution in [3.05, 3.63) is 75.2 Å². The Labute approximate surface area is 188 Å². The van der Waals surface area contributed by atoms with Crippen LogP contribution in [0.5, 0.6) is 0 Å². The molecule has 164 valence electrons. The van der Waals surface area contributed by atoms with Crippen molar-refractivity contribution < 1.29 is 5.11 Å². The van der Waals surface area contributed by atoms with Gasteiger partial charge in [0.1, 0.15) is 5.16 Å². The summed E-state index contributed by atoms with van der Waals surface area (Å²) in [6.45, 7) is 2.68. The Balaban J connectivity index is 2.03. The van der Waals surface area contributed by atoms with Gasteiger partial charge in [-0.25, -0.2) is 9.98 Å². The number of nitrogens with one attached hydrogen (secondary N) is 1. The fraction of sp³-hybridized carbons (Fsp3) is 0.375. The molecule has 6 nitrogen and oxygen atoms in total. The highest BCUT2D eigenvalue weighted by Crippen LogP contribution is 2.21. The molecule has 0 radical (unpaired) electrons. The molecule has 2 aliphatic rings. The van der Waals surface area contributed by atoms with Gasteiger partial charge in [-0.05, 0) is 61.8 Å². The van der Waals surface area contributed by atoms with Gasteiger partial charge in [0, 0.05) is 31.3 Å². The third kappa shape index (κ3) is 6.39. The van der Waals surface area contributed by atoms with Crippen LogP contribution in [0.4, 0.5) is 0 Å². The lowest BCUT2D eigenvalue weighted by molar-refractivity contribution is 0.252. The van der Waals surface area contributed by atoms with Gasteiger partial charge in [0.25, 0.3) is 5.56 Å². The average molecular weight is 441 g/mol. The van der Waals surface area contributed by atoms with Crippen LogP contribution < -0.4 is 10.9 Å². The molecular formula is C24H29ClN4O2. The van der Waals surface area contributed by atoms with E-state index in [1.165, 1.54) is 0 Å². The third-order valence-electron chi connectivity index (χ3n) is 5.31. The van der Waals surface area contributed by atoms with Crippen molar-refractivity contribution in [3.63, 3.8) is 0 Å². The normalized spacial score (nSPS) is 26.0. The van der Waals surface area contributed by atoms with E-state index in [0.717, 1.165) is 18.4 Å². The second kappa shape index (κ2) is 11.6. The fourth-order valence-electron chi connectivity index (χ4n) is 3.63. The molecule has 0 fully saturated rings. The van der Waals surface area contributed by atoms with Gasteiger partial charge in [-0.1, -0.05) is 36.8 Å². The van der Waals surface area contributed by atoms with E-state index >= 15 is 0 Å². The number of fused-ring (bicyclic) bond motifs is 1. The van der Waals surface area contributed by atoms with Gasteiger partial charge in [-0.15, -0.1) is 0 Å². The third-order valence-corrected chi connectivity index (χ3v) is 5.56. The Kier molecular flexibility index (Phi) is 8.62. The molecular weight excluding hydrogens is 412 g/mol. The van der Waals surface area contributed by atoms with Crippen molar-refractivity contribution in [2.75, 3.05) is 13.2 Å². The first-order valence-electron chi connectivity index (χ1n) is 10.7. The minimum atomic E-state index is -0.0952. The molecule has 7 heteroatoms. The standard InChI is InChI=1S/C24H29ClN4O2/c1-2-20(10-13-30)29-17-28-22-7-5-11-26-12-9-18(15-21(22)24(29)31)14-19-6-3-4-8-23(25)27-16-19/h3,5-9,12,15-17,19-20,26,30H,2,4,10-11,13-14H2,1H3/b6-3?,7-5+,12-9+,18-15+,23-8-,27-16-/t19?,20-/m1/s1. The van der Waals surface area contributed by atoms with Crippen molar-refractivity contribution in [1.82, 2.24) is 14.9 Å². The summed E-state index contributed by atoms with van der Waals surface area (Å²) in [6, 6.07) is -0.0849. The number of rotatable bonds is 6. The Hall–Kier alpha value is -2.70. The molecule has 0 bridgehead atoms. The molecule has 2 atom stereocenters. The van der Waals surface area contributed by atoms with Crippen LogP contribution in [-0.4, -0.2) is 34.0 Å². The summed E-state index contributed by atoms with van der Waals surface area (Å²) in [5.74, 6) is 0.0666. The Bertz CT molecular complexity index is 1000. The molecule has 1 aromatic rings. The number of nitrogens with zero attached hydrogens (tertiary/aromatic N) is 3. The number of halogens is 1. The number of aromatic nitrogens is 2. The molecule has 0 aromatic carbocycles. The Morgan fingerprint density at radius 3 is 3.03 bits per heavy atom. The van der Waals surface area contributed by atoms with Crippen LogP contribution in [0.15, 0.2) is 63.4 Å². The van der Waals surface area contributed by atoms with E-state index in [1.807, 2.05) is 49.7 Å². The maximum absolute atomic E-state index is 13.4. The number of hydrogen-bond donors (Lipinski definition) is 2. The predicted octanol–water partition coefficient (Wildman–Crippen LogP) is 4.21. The van der Waals surface area contributed by atoms with Crippen LogP contribution in [0.1, 0.15) is 49.9 Å². The quantitative estimate of drug-likeness (QED) is 0.513. The summed E-state index contributed by atoms with van der Waals surface area (Å²) in [4.78, 5) is 22.3. The summed E-state index contributed by atoms with van der Waals surface area (Å²) >= 11 is 6.08. The lowest BCUT2D eigenvalue weighted by Gasteiger charge is -2.18. The lowest BCUT2D eigenvalue weighted by Crippen LogP contribution is -2.28. The second-order valence-corrected chi connectivity index (χ2v) is 7.92. The molecule has 31 heavy (non-hydrogen) atoms. The van der Waals surface area contributed by atoms with E-state index in [1.54, 1.807) is 10.9 Å². The Morgan fingerprint density at radius 1 is 1.35 bits per heavy atom. The Morgan fingerprint density at radius 2 is 2.23 bits per heavy atom. The average Bonchev–Trinajstić information content (AvgIpc) is 2.76. The molecule has 3 heterocycles. The smallest absolute Gasteiger partial charge is 0.261 e. The topological polar surface area (TPSA) is 79.5 Å². The number of allylic oxidation sites excluding steroid dienone is 5. The molecule has 2 N–H and O–H groups in total. The highest BCUT2D eigenvalue weighted by molar-refractivity contribution is 6.29. The highest BCUT2D eigenvalue weighted by Gasteiger charge is 2.16. The fourth-order valence-corrected chi connectivity index (χ4v) is 3.77. The molecule has 3 rings (SSSR count). The van der Waals surface area contributed by atoms with Crippen LogP contribution in [0.3, 0.4) is 0 Å². The summed E-state index contributed by atoms with van der Waals surface area (Å²) < 4.78 is 1.65. The molecule has 0 aliphatic carbocycles. The van der Waals surface area contributed by atoms with Crippen molar-refractivity contribution in [2.45, 2.75) is 38.6 Å². The first kappa shape index (κ1) is 23.0. The molecule has 2 aliphatic heterocycles. The van der Waals surface area contributed by atoms with Crippen molar-refractivity contribution in [3.8, 4) is 0 Å². The van der Waals surface area contributed by atoms with Gasteiger partial charge in [0.2, 0.25) is 0 Å². The van der Waals surface area contributed by atoms with E-state index in [-0.39, 0.29) is 24.1 Å². The molecule has 1 aromatic heterocycles. The summed E-state index contributed by atoms with van der Waals surface area (Å²) in [6.07, 6.45) is 21.8. The summed E-state index contributed by atoms with van der Waals surface area (Å²) in [7, 11) is 0. The monoisotopic (exact) mass is 440 g/mol. The number of aliphatic imine (C=N–C) groups is 1. The summed E-state index contributed by atoms with van der Waals surface area (Å²) in [5.41, 5.74) is 2.09. The highest BCUT2D eigenvalue weighted by atomic mass is 35.5. The number of aliphatic hydroxyl groups is 1. The van der Waals surface area contributed by atoms with E-state index in [4.69, 9.17) is 11.6 Å².